The normalized spacial score (nSPS) is 10.3. The molecule has 0 aliphatic rings. The molecule has 0 saturated carbocycles. The number of nitrogens with zero attached hydrogens (tertiary/aromatic N) is 1. The molecule has 2 nitrogen and oxygen atoms in total. The molecule has 0 aromatic carbocycles. The van der Waals surface area contributed by atoms with Gasteiger partial charge in [0.05, 0.1) is 0 Å². The second-order valence-corrected chi connectivity index (χ2v) is 4.72. The largest absolute Gasteiger partial charge is 0.370 e. The van der Waals surface area contributed by atoms with Crippen LogP contribution in [0.3, 0.4) is 0 Å². The Labute approximate surface area is 101 Å². The van der Waals surface area contributed by atoms with Crippen LogP contribution in [0.4, 0.5) is 5.82 Å². The number of hydrogen-bond acceptors (Lipinski definition) is 2. The molecule has 0 amide bonds. The van der Waals surface area contributed by atoms with E-state index < -0.39 is 0 Å². The highest BCUT2D eigenvalue weighted by Crippen LogP contribution is 2.16. The standard InChI is InChI=1S/C12H19BrN2/c1-3-4-5-6-7-14-12-10(2)8-11(13)9-15-12/h8-9H,3-7H2,1-2H3,(H,14,15). The summed E-state index contributed by atoms with van der Waals surface area (Å²) < 4.78 is 1.04. The molecule has 1 heterocycles. The fourth-order valence-electron chi connectivity index (χ4n) is 1.48. The van der Waals surface area contributed by atoms with Gasteiger partial charge in [-0.25, -0.2) is 4.98 Å². The number of anilines is 1. The van der Waals surface area contributed by atoms with Crippen LogP contribution in [0, 0.1) is 6.92 Å². The van der Waals surface area contributed by atoms with Crippen LogP contribution in [0.15, 0.2) is 16.7 Å². The highest BCUT2D eigenvalue weighted by molar-refractivity contribution is 9.10. The van der Waals surface area contributed by atoms with Crippen molar-refractivity contribution in [2.45, 2.75) is 39.5 Å². The van der Waals surface area contributed by atoms with Crippen molar-refractivity contribution < 1.29 is 0 Å². The molecule has 0 unspecified atom stereocenters. The van der Waals surface area contributed by atoms with Gasteiger partial charge >= 0.3 is 0 Å². The predicted octanol–water partition coefficient (Wildman–Crippen LogP) is 4.14. The number of halogens is 1. The molecule has 3 heteroatoms. The number of rotatable bonds is 6. The quantitative estimate of drug-likeness (QED) is 0.786. The molecule has 84 valence electrons. The summed E-state index contributed by atoms with van der Waals surface area (Å²) in [4.78, 5) is 4.34. The van der Waals surface area contributed by atoms with E-state index in [9.17, 15) is 0 Å². The van der Waals surface area contributed by atoms with Crippen molar-refractivity contribution in [1.29, 1.82) is 0 Å². The van der Waals surface area contributed by atoms with E-state index in [2.05, 4.69) is 46.1 Å². The van der Waals surface area contributed by atoms with Crippen molar-refractivity contribution in [2.75, 3.05) is 11.9 Å². The topological polar surface area (TPSA) is 24.9 Å². The van der Waals surface area contributed by atoms with Gasteiger partial charge in [-0.1, -0.05) is 26.2 Å². The molecule has 1 rings (SSSR count). The average molecular weight is 271 g/mol. The van der Waals surface area contributed by atoms with E-state index in [1.807, 2.05) is 6.20 Å². The highest BCUT2D eigenvalue weighted by atomic mass is 79.9. The van der Waals surface area contributed by atoms with Gasteiger partial charge in [-0.15, -0.1) is 0 Å². The maximum Gasteiger partial charge on any atom is 0.128 e. The van der Waals surface area contributed by atoms with Crippen molar-refractivity contribution in [3.8, 4) is 0 Å². The second-order valence-electron chi connectivity index (χ2n) is 3.81. The first-order valence-electron chi connectivity index (χ1n) is 5.60. The van der Waals surface area contributed by atoms with E-state index in [0.717, 1.165) is 16.8 Å². The molecule has 0 atom stereocenters. The van der Waals surface area contributed by atoms with E-state index in [4.69, 9.17) is 0 Å². The lowest BCUT2D eigenvalue weighted by atomic mass is 10.2. The number of pyridine rings is 1. The summed E-state index contributed by atoms with van der Waals surface area (Å²) >= 11 is 3.41. The number of nitrogens with one attached hydrogen (secondary N) is 1. The molecule has 0 aliphatic heterocycles. The van der Waals surface area contributed by atoms with Crippen LogP contribution >= 0.6 is 15.9 Å². The molecule has 1 aromatic rings. The van der Waals surface area contributed by atoms with Gasteiger partial charge in [0.15, 0.2) is 0 Å². The molecular weight excluding hydrogens is 252 g/mol. The maximum absolute atomic E-state index is 4.34. The first-order valence-corrected chi connectivity index (χ1v) is 6.39. The zero-order chi connectivity index (χ0) is 11.1. The van der Waals surface area contributed by atoms with Crippen LogP contribution in [0.5, 0.6) is 0 Å². The molecule has 0 saturated heterocycles. The Bertz CT molecular complexity index is 300. The van der Waals surface area contributed by atoms with E-state index >= 15 is 0 Å². The molecule has 1 N–H and O–H groups in total. The lowest BCUT2D eigenvalue weighted by molar-refractivity contribution is 0.684. The summed E-state index contributed by atoms with van der Waals surface area (Å²) in [5, 5.41) is 3.37. The van der Waals surface area contributed by atoms with Crippen LogP contribution in [-0.2, 0) is 0 Å². The van der Waals surface area contributed by atoms with Gasteiger partial charge in [0.2, 0.25) is 0 Å². The number of unbranched alkanes of at least 4 members (excludes halogenated alkanes) is 3. The molecule has 15 heavy (non-hydrogen) atoms. The number of hydrogen-bond donors (Lipinski definition) is 1. The van der Waals surface area contributed by atoms with Gasteiger partial charge in [-0.05, 0) is 40.9 Å². The van der Waals surface area contributed by atoms with Gasteiger partial charge in [0.25, 0.3) is 0 Å². The van der Waals surface area contributed by atoms with E-state index in [-0.39, 0.29) is 0 Å². The first kappa shape index (κ1) is 12.5. The Morgan fingerprint density at radius 1 is 1.33 bits per heavy atom. The summed E-state index contributed by atoms with van der Waals surface area (Å²) in [6.45, 7) is 5.33. The summed E-state index contributed by atoms with van der Waals surface area (Å²) in [5.74, 6) is 1.01. The molecule has 0 fully saturated rings. The number of aromatic nitrogens is 1. The average Bonchev–Trinajstić information content (AvgIpc) is 2.20. The first-order chi connectivity index (χ1) is 7.24. The van der Waals surface area contributed by atoms with E-state index in [1.165, 1.54) is 31.2 Å². The lowest BCUT2D eigenvalue weighted by Gasteiger charge is -2.08. The Morgan fingerprint density at radius 3 is 2.80 bits per heavy atom. The van der Waals surface area contributed by atoms with Crippen LogP contribution in [0.2, 0.25) is 0 Å². The van der Waals surface area contributed by atoms with Gasteiger partial charge in [0.1, 0.15) is 5.82 Å². The van der Waals surface area contributed by atoms with Crippen molar-refractivity contribution in [1.82, 2.24) is 4.98 Å². The van der Waals surface area contributed by atoms with E-state index in [1.54, 1.807) is 0 Å². The third kappa shape index (κ3) is 4.65. The highest BCUT2D eigenvalue weighted by Gasteiger charge is 1.99. The van der Waals surface area contributed by atoms with Crippen LogP contribution < -0.4 is 5.32 Å². The molecule has 0 bridgehead atoms. The molecule has 0 spiro atoms. The third-order valence-electron chi connectivity index (χ3n) is 2.37. The van der Waals surface area contributed by atoms with Crippen molar-refractivity contribution >= 4 is 21.7 Å². The van der Waals surface area contributed by atoms with Gasteiger partial charge < -0.3 is 5.32 Å². The van der Waals surface area contributed by atoms with Crippen molar-refractivity contribution in [3.63, 3.8) is 0 Å². The zero-order valence-corrected chi connectivity index (χ0v) is 11.1. The minimum absolute atomic E-state index is 1.01. The smallest absolute Gasteiger partial charge is 0.128 e. The molecule has 0 aliphatic carbocycles. The summed E-state index contributed by atoms with van der Waals surface area (Å²) in [6.07, 6.45) is 6.98. The zero-order valence-electron chi connectivity index (χ0n) is 9.52. The maximum atomic E-state index is 4.34. The van der Waals surface area contributed by atoms with Gasteiger partial charge in [-0.3, -0.25) is 0 Å². The fraction of sp³-hybridized carbons (Fsp3) is 0.583. The monoisotopic (exact) mass is 270 g/mol. The minimum Gasteiger partial charge on any atom is -0.370 e. The summed E-state index contributed by atoms with van der Waals surface area (Å²) in [5.41, 5.74) is 1.19. The van der Waals surface area contributed by atoms with Crippen molar-refractivity contribution in [2.24, 2.45) is 0 Å². The van der Waals surface area contributed by atoms with E-state index in [0.29, 0.717) is 0 Å². The van der Waals surface area contributed by atoms with Gasteiger partial charge in [0, 0.05) is 17.2 Å². The Balaban J connectivity index is 2.31. The minimum atomic E-state index is 1.01. The number of aryl methyl sites for hydroxylation is 1. The SMILES string of the molecule is CCCCCCNc1ncc(Br)cc1C. The van der Waals surface area contributed by atoms with Crippen LogP contribution in [0.25, 0.3) is 0 Å². The second kappa shape index (κ2) is 6.83. The van der Waals surface area contributed by atoms with Gasteiger partial charge in [-0.2, -0.15) is 0 Å². The third-order valence-corrected chi connectivity index (χ3v) is 2.80. The van der Waals surface area contributed by atoms with Crippen LogP contribution in [0.1, 0.15) is 38.2 Å². The molecule has 1 aromatic heterocycles. The summed E-state index contributed by atoms with van der Waals surface area (Å²) in [7, 11) is 0. The Kier molecular flexibility index (Phi) is 5.69. The van der Waals surface area contributed by atoms with Crippen LogP contribution in [-0.4, -0.2) is 11.5 Å². The lowest BCUT2D eigenvalue weighted by Crippen LogP contribution is -2.04. The Hall–Kier alpha value is -0.570. The fourth-order valence-corrected chi connectivity index (χ4v) is 1.93. The summed E-state index contributed by atoms with van der Waals surface area (Å²) in [6, 6.07) is 2.08. The molecule has 0 radical (unpaired) electrons. The predicted molar refractivity (Wildman–Crippen MR) is 69.3 cm³/mol. The molecular formula is C12H19BrN2. The van der Waals surface area contributed by atoms with Crippen molar-refractivity contribution in [3.05, 3.63) is 22.3 Å². The Morgan fingerprint density at radius 2 is 2.13 bits per heavy atom.